The lowest BCUT2D eigenvalue weighted by Crippen LogP contribution is -2.57. The van der Waals surface area contributed by atoms with E-state index in [1.165, 1.54) is 19.3 Å². The van der Waals surface area contributed by atoms with Crippen LogP contribution >= 0.6 is 0 Å². The zero-order valence-electron chi connectivity index (χ0n) is 12.4. The van der Waals surface area contributed by atoms with Crippen LogP contribution in [0.25, 0.3) is 0 Å². The summed E-state index contributed by atoms with van der Waals surface area (Å²) in [6.07, 6.45) is 5.81. The maximum absolute atomic E-state index is 12.1. The Balaban J connectivity index is 2.34. The molecule has 1 aliphatic carbocycles. The molecule has 1 atom stereocenters. The zero-order valence-corrected chi connectivity index (χ0v) is 12.4. The number of hydrogen-bond donors (Lipinski definition) is 2. The van der Waals surface area contributed by atoms with Crippen LogP contribution in [0.4, 0.5) is 0 Å². The van der Waals surface area contributed by atoms with Gasteiger partial charge in [-0.05, 0) is 24.3 Å². The average molecular weight is 275 g/mol. The average Bonchev–Trinajstić information content (AvgIpc) is 2.46. The van der Waals surface area contributed by atoms with Crippen molar-refractivity contribution in [3.8, 4) is 0 Å². The van der Waals surface area contributed by atoms with E-state index in [2.05, 4.69) is 5.32 Å². The van der Waals surface area contributed by atoms with Gasteiger partial charge in [0.15, 0.2) is 0 Å². The summed E-state index contributed by atoms with van der Waals surface area (Å²) in [5.74, 6) is -0.784. The predicted octanol–water partition coefficient (Wildman–Crippen LogP) is 3.54. The summed E-state index contributed by atoms with van der Waals surface area (Å²) in [5.41, 5.74) is -0.128. The van der Waals surface area contributed by atoms with Gasteiger partial charge in [0, 0.05) is 6.04 Å². The van der Waals surface area contributed by atoms with Crippen molar-refractivity contribution in [3.63, 3.8) is 0 Å². The molecule has 0 spiro atoms. The van der Waals surface area contributed by atoms with Gasteiger partial charge in [0.05, 0.1) is 0 Å². The van der Waals surface area contributed by atoms with Gasteiger partial charge >= 0.3 is 5.97 Å². The molecule has 0 aromatic heterocycles. The topological polar surface area (TPSA) is 49.3 Å². The Bertz CT molecular complexity index is 438. The molecule has 0 aliphatic heterocycles. The van der Waals surface area contributed by atoms with Crippen LogP contribution in [0.2, 0.25) is 0 Å². The molecule has 1 unspecified atom stereocenters. The second kappa shape index (κ2) is 6.40. The summed E-state index contributed by atoms with van der Waals surface area (Å²) in [5, 5.41) is 13.4. The Morgan fingerprint density at radius 2 is 1.80 bits per heavy atom. The van der Waals surface area contributed by atoms with E-state index in [0.29, 0.717) is 6.04 Å². The highest BCUT2D eigenvalue weighted by Gasteiger charge is 2.44. The Morgan fingerprint density at radius 3 is 2.30 bits per heavy atom. The molecule has 0 saturated heterocycles. The summed E-state index contributed by atoms with van der Waals surface area (Å²) in [6.45, 7) is 3.97. The van der Waals surface area contributed by atoms with Gasteiger partial charge in [-0.3, -0.25) is 5.32 Å². The Labute approximate surface area is 121 Å². The van der Waals surface area contributed by atoms with Gasteiger partial charge in [-0.2, -0.15) is 0 Å². The third-order valence-electron chi connectivity index (χ3n) is 4.47. The highest BCUT2D eigenvalue weighted by atomic mass is 16.4. The predicted molar refractivity (Wildman–Crippen MR) is 80.6 cm³/mol. The smallest absolute Gasteiger partial charge is 0.328 e. The summed E-state index contributed by atoms with van der Waals surface area (Å²) >= 11 is 0. The van der Waals surface area contributed by atoms with E-state index in [9.17, 15) is 9.90 Å². The first kappa shape index (κ1) is 15.0. The number of aliphatic carboxylic acids is 1. The van der Waals surface area contributed by atoms with Crippen LogP contribution in [0.5, 0.6) is 0 Å². The Kier molecular flexibility index (Phi) is 4.81. The first-order valence-corrected chi connectivity index (χ1v) is 7.64. The molecular formula is C17H25NO2. The van der Waals surface area contributed by atoms with Crippen molar-refractivity contribution in [3.05, 3.63) is 35.9 Å². The third kappa shape index (κ3) is 2.88. The molecule has 1 aromatic carbocycles. The number of carboxylic acids is 1. The number of carbonyl (C=O) groups is 1. The van der Waals surface area contributed by atoms with Crippen molar-refractivity contribution in [1.29, 1.82) is 0 Å². The molecule has 20 heavy (non-hydrogen) atoms. The highest BCUT2D eigenvalue weighted by molar-refractivity contribution is 5.81. The van der Waals surface area contributed by atoms with E-state index in [0.717, 1.165) is 18.4 Å². The highest BCUT2D eigenvalue weighted by Crippen LogP contribution is 2.33. The van der Waals surface area contributed by atoms with E-state index in [1.807, 2.05) is 44.2 Å². The van der Waals surface area contributed by atoms with Crippen LogP contribution in [0, 0.1) is 5.92 Å². The van der Waals surface area contributed by atoms with Crippen LogP contribution in [0.3, 0.4) is 0 Å². The quantitative estimate of drug-likeness (QED) is 0.864. The standard InChI is InChI=1S/C17H25NO2/c1-13(2)17(16(19)20,14-9-5-3-6-10-14)18-15-11-7-4-8-12-15/h3,5-6,9-10,13,15,18H,4,7-8,11-12H2,1-2H3,(H,19,20). The SMILES string of the molecule is CC(C)C(NC1CCCCC1)(C(=O)O)c1ccccc1. The molecule has 0 heterocycles. The van der Waals surface area contributed by atoms with Crippen LogP contribution in [-0.2, 0) is 10.3 Å². The van der Waals surface area contributed by atoms with Crippen molar-refractivity contribution < 1.29 is 9.90 Å². The van der Waals surface area contributed by atoms with E-state index < -0.39 is 11.5 Å². The second-order valence-corrected chi connectivity index (χ2v) is 6.11. The fraction of sp³-hybridized carbons (Fsp3) is 0.588. The molecule has 1 aromatic rings. The van der Waals surface area contributed by atoms with E-state index >= 15 is 0 Å². The van der Waals surface area contributed by atoms with Gasteiger partial charge in [-0.25, -0.2) is 4.79 Å². The lowest BCUT2D eigenvalue weighted by Gasteiger charge is -2.39. The molecule has 2 N–H and O–H groups in total. The van der Waals surface area contributed by atoms with Crippen molar-refractivity contribution >= 4 is 5.97 Å². The van der Waals surface area contributed by atoms with E-state index in [-0.39, 0.29) is 5.92 Å². The molecule has 3 nitrogen and oxygen atoms in total. The third-order valence-corrected chi connectivity index (χ3v) is 4.47. The fourth-order valence-electron chi connectivity index (χ4n) is 3.29. The van der Waals surface area contributed by atoms with E-state index in [4.69, 9.17) is 0 Å². The summed E-state index contributed by atoms with van der Waals surface area (Å²) in [6, 6.07) is 9.91. The van der Waals surface area contributed by atoms with Gasteiger partial charge in [0.2, 0.25) is 0 Å². The van der Waals surface area contributed by atoms with E-state index in [1.54, 1.807) is 0 Å². The molecule has 2 rings (SSSR count). The normalized spacial score (nSPS) is 19.8. The van der Waals surface area contributed by atoms with Gasteiger partial charge < -0.3 is 5.11 Å². The molecule has 1 aliphatic rings. The number of carboxylic acid groups (broad SMARTS) is 1. The maximum Gasteiger partial charge on any atom is 0.328 e. The first-order chi connectivity index (χ1) is 9.57. The minimum atomic E-state index is -0.983. The molecule has 110 valence electrons. The minimum Gasteiger partial charge on any atom is -0.480 e. The molecule has 3 heteroatoms. The van der Waals surface area contributed by atoms with Crippen molar-refractivity contribution in [1.82, 2.24) is 5.32 Å². The largest absolute Gasteiger partial charge is 0.480 e. The molecule has 0 bridgehead atoms. The Morgan fingerprint density at radius 1 is 1.20 bits per heavy atom. The first-order valence-electron chi connectivity index (χ1n) is 7.64. The lowest BCUT2D eigenvalue weighted by atomic mass is 9.78. The van der Waals surface area contributed by atoms with Crippen molar-refractivity contribution in [2.45, 2.75) is 57.5 Å². The van der Waals surface area contributed by atoms with Gasteiger partial charge in [-0.15, -0.1) is 0 Å². The Hall–Kier alpha value is -1.35. The number of hydrogen-bond acceptors (Lipinski definition) is 2. The molecular weight excluding hydrogens is 250 g/mol. The van der Waals surface area contributed by atoms with Crippen molar-refractivity contribution in [2.24, 2.45) is 5.92 Å². The molecule has 0 radical (unpaired) electrons. The van der Waals surface area contributed by atoms with Gasteiger partial charge in [-0.1, -0.05) is 63.4 Å². The fourth-order valence-corrected chi connectivity index (χ4v) is 3.29. The van der Waals surface area contributed by atoms with Crippen LogP contribution in [-0.4, -0.2) is 17.1 Å². The summed E-state index contributed by atoms with van der Waals surface area (Å²) in [4.78, 5) is 12.1. The second-order valence-electron chi connectivity index (χ2n) is 6.11. The number of nitrogens with one attached hydrogen (secondary N) is 1. The van der Waals surface area contributed by atoms with Crippen molar-refractivity contribution in [2.75, 3.05) is 0 Å². The van der Waals surface area contributed by atoms with Gasteiger partial charge in [0.25, 0.3) is 0 Å². The zero-order chi connectivity index (χ0) is 14.6. The maximum atomic E-state index is 12.1. The molecule has 1 fully saturated rings. The summed E-state index contributed by atoms with van der Waals surface area (Å²) < 4.78 is 0. The number of benzene rings is 1. The number of rotatable bonds is 5. The van der Waals surface area contributed by atoms with Crippen LogP contribution in [0.15, 0.2) is 30.3 Å². The van der Waals surface area contributed by atoms with Crippen LogP contribution in [0.1, 0.15) is 51.5 Å². The summed E-state index contributed by atoms with van der Waals surface area (Å²) in [7, 11) is 0. The lowest BCUT2D eigenvalue weighted by molar-refractivity contribution is -0.148. The monoisotopic (exact) mass is 275 g/mol. The van der Waals surface area contributed by atoms with Crippen LogP contribution < -0.4 is 5.32 Å². The van der Waals surface area contributed by atoms with Gasteiger partial charge in [0.1, 0.15) is 5.54 Å². The molecule has 0 amide bonds. The molecule has 1 saturated carbocycles. The minimum absolute atomic E-state index is 0.00988.